The number of halogens is 1. The molecule has 1 aromatic heterocycles. The highest BCUT2D eigenvalue weighted by atomic mass is 35.5. The van der Waals surface area contributed by atoms with E-state index in [0.717, 1.165) is 21.0 Å². The fourth-order valence-electron chi connectivity index (χ4n) is 2.91. The molecule has 0 aliphatic rings. The molecule has 1 amide bonds. The average molecular weight is 379 g/mol. The van der Waals surface area contributed by atoms with Gasteiger partial charge in [0.1, 0.15) is 0 Å². The molecule has 0 fully saturated rings. The molecule has 3 nitrogen and oxygen atoms in total. The summed E-state index contributed by atoms with van der Waals surface area (Å²) in [7, 11) is 0. The molecular weight excluding hydrogens is 364 g/mol. The van der Waals surface area contributed by atoms with Gasteiger partial charge in [-0.3, -0.25) is 4.79 Å². The van der Waals surface area contributed by atoms with E-state index in [2.05, 4.69) is 11.6 Å². The first-order chi connectivity index (χ1) is 12.7. The van der Waals surface area contributed by atoms with Gasteiger partial charge in [-0.1, -0.05) is 59.3 Å². The Labute approximate surface area is 159 Å². The third-order valence-corrected chi connectivity index (χ3v) is 5.43. The van der Waals surface area contributed by atoms with Crippen LogP contribution in [0.3, 0.4) is 0 Å². The molecule has 0 saturated carbocycles. The van der Waals surface area contributed by atoms with E-state index in [4.69, 9.17) is 11.6 Å². The number of carbonyl (C=O) groups excluding carboxylic acids is 1. The molecule has 0 bridgehead atoms. The van der Waals surface area contributed by atoms with Gasteiger partial charge in [0.05, 0.1) is 10.2 Å². The van der Waals surface area contributed by atoms with Crippen molar-refractivity contribution in [2.45, 2.75) is 6.54 Å². The van der Waals surface area contributed by atoms with Gasteiger partial charge in [0.15, 0.2) is 4.80 Å². The normalized spacial score (nSPS) is 12.0. The smallest absolute Gasteiger partial charge is 0.279 e. The molecule has 0 radical (unpaired) electrons. The van der Waals surface area contributed by atoms with Gasteiger partial charge in [0, 0.05) is 17.1 Å². The Hall–Kier alpha value is -2.69. The maximum Gasteiger partial charge on any atom is 0.279 e. The molecular formula is C21H15ClN2OS. The van der Waals surface area contributed by atoms with Crippen LogP contribution in [-0.2, 0) is 6.54 Å². The Morgan fingerprint density at radius 3 is 2.73 bits per heavy atom. The van der Waals surface area contributed by atoms with Gasteiger partial charge in [0.25, 0.3) is 5.91 Å². The van der Waals surface area contributed by atoms with Gasteiger partial charge >= 0.3 is 0 Å². The minimum atomic E-state index is -0.258. The molecule has 0 aliphatic carbocycles. The summed E-state index contributed by atoms with van der Waals surface area (Å²) in [6.07, 6.45) is 1.79. The first-order valence-electron chi connectivity index (χ1n) is 8.13. The Kier molecular flexibility index (Phi) is 4.45. The fourth-order valence-corrected chi connectivity index (χ4v) is 4.23. The molecule has 0 aliphatic heterocycles. The van der Waals surface area contributed by atoms with Gasteiger partial charge in [-0.25, -0.2) is 0 Å². The number of allylic oxidation sites excluding steroid dienone is 1. The molecule has 0 saturated heterocycles. The second-order valence-corrected chi connectivity index (χ2v) is 7.32. The number of fused-ring (bicyclic) bond motifs is 2. The summed E-state index contributed by atoms with van der Waals surface area (Å²) in [6, 6.07) is 19.3. The summed E-state index contributed by atoms with van der Waals surface area (Å²) >= 11 is 7.54. The zero-order chi connectivity index (χ0) is 18.1. The minimum Gasteiger partial charge on any atom is -0.312 e. The van der Waals surface area contributed by atoms with Gasteiger partial charge in [0.2, 0.25) is 0 Å². The Balaban J connectivity index is 1.84. The number of amides is 1. The van der Waals surface area contributed by atoms with E-state index in [0.29, 0.717) is 21.9 Å². The lowest BCUT2D eigenvalue weighted by Gasteiger charge is -2.02. The summed E-state index contributed by atoms with van der Waals surface area (Å²) < 4.78 is 2.96. The van der Waals surface area contributed by atoms with Crippen LogP contribution < -0.4 is 4.80 Å². The molecule has 0 N–H and O–H groups in total. The Morgan fingerprint density at radius 2 is 1.92 bits per heavy atom. The van der Waals surface area contributed by atoms with Crippen molar-refractivity contribution in [1.82, 2.24) is 4.57 Å². The third kappa shape index (κ3) is 3.09. The highest BCUT2D eigenvalue weighted by molar-refractivity contribution is 7.16. The lowest BCUT2D eigenvalue weighted by atomic mass is 10.1. The van der Waals surface area contributed by atoms with E-state index in [1.807, 2.05) is 65.2 Å². The van der Waals surface area contributed by atoms with Crippen LogP contribution in [0.4, 0.5) is 0 Å². The van der Waals surface area contributed by atoms with E-state index in [1.54, 1.807) is 6.08 Å². The summed E-state index contributed by atoms with van der Waals surface area (Å²) in [5.74, 6) is -0.258. The zero-order valence-electron chi connectivity index (χ0n) is 13.9. The van der Waals surface area contributed by atoms with Crippen LogP contribution in [-0.4, -0.2) is 10.5 Å². The van der Waals surface area contributed by atoms with Crippen molar-refractivity contribution in [3.8, 4) is 0 Å². The van der Waals surface area contributed by atoms with E-state index < -0.39 is 0 Å². The quantitative estimate of drug-likeness (QED) is 0.437. The molecule has 4 rings (SSSR count). The highest BCUT2D eigenvalue weighted by Crippen LogP contribution is 2.22. The summed E-state index contributed by atoms with van der Waals surface area (Å²) in [4.78, 5) is 17.7. The standard InChI is InChI=1S/C21H15ClN2OS/c1-2-11-24-18-10-9-17(22)13-19(18)26-21(24)23-20(25)16-8-7-14-5-3-4-6-15(14)12-16/h2-10,12-13H,1,11H2. The Morgan fingerprint density at radius 1 is 1.12 bits per heavy atom. The fraction of sp³-hybridized carbons (Fsp3) is 0.0476. The molecule has 0 unspecified atom stereocenters. The predicted molar refractivity (Wildman–Crippen MR) is 109 cm³/mol. The number of aromatic nitrogens is 1. The number of hydrogen-bond acceptors (Lipinski definition) is 2. The van der Waals surface area contributed by atoms with Crippen LogP contribution in [0.15, 0.2) is 78.3 Å². The lowest BCUT2D eigenvalue weighted by Crippen LogP contribution is -2.16. The maximum absolute atomic E-state index is 12.7. The second kappa shape index (κ2) is 6.90. The van der Waals surface area contributed by atoms with Crippen molar-refractivity contribution in [3.05, 3.63) is 88.7 Å². The number of hydrogen-bond donors (Lipinski definition) is 0. The van der Waals surface area contributed by atoms with Gasteiger partial charge in [-0.2, -0.15) is 4.99 Å². The van der Waals surface area contributed by atoms with Gasteiger partial charge in [-0.15, -0.1) is 6.58 Å². The van der Waals surface area contributed by atoms with Crippen LogP contribution in [0.2, 0.25) is 5.02 Å². The highest BCUT2D eigenvalue weighted by Gasteiger charge is 2.09. The minimum absolute atomic E-state index is 0.258. The van der Waals surface area contributed by atoms with E-state index in [9.17, 15) is 4.79 Å². The predicted octanol–water partition coefficient (Wildman–Crippen LogP) is 5.44. The number of carbonyl (C=O) groups is 1. The van der Waals surface area contributed by atoms with E-state index >= 15 is 0 Å². The molecule has 1 heterocycles. The topological polar surface area (TPSA) is 34.4 Å². The van der Waals surface area contributed by atoms with Gasteiger partial charge in [-0.05, 0) is 41.1 Å². The second-order valence-electron chi connectivity index (χ2n) is 5.87. The molecule has 0 spiro atoms. The van der Waals surface area contributed by atoms with Crippen molar-refractivity contribution in [2.75, 3.05) is 0 Å². The van der Waals surface area contributed by atoms with E-state index in [1.165, 1.54) is 11.3 Å². The van der Waals surface area contributed by atoms with Crippen LogP contribution in [0.25, 0.3) is 21.0 Å². The summed E-state index contributed by atoms with van der Waals surface area (Å²) in [6.45, 7) is 4.38. The van der Waals surface area contributed by atoms with Crippen molar-refractivity contribution < 1.29 is 4.79 Å². The van der Waals surface area contributed by atoms with Crippen LogP contribution in [0.1, 0.15) is 10.4 Å². The first-order valence-corrected chi connectivity index (χ1v) is 9.33. The van der Waals surface area contributed by atoms with Crippen molar-refractivity contribution in [1.29, 1.82) is 0 Å². The number of nitrogens with zero attached hydrogens (tertiary/aromatic N) is 2. The van der Waals surface area contributed by atoms with Gasteiger partial charge < -0.3 is 4.57 Å². The van der Waals surface area contributed by atoms with Crippen LogP contribution >= 0.6 is 22.9 Å². The van der Waals surface area contributed by atoms with Crippen molar-refractivity contribution in [2.24, 2.45) is 4.99 Å². The molecule has 3 aromatic carbocycles. The molecule has 0 atom stereocenters. The number of thiazole rings is 1. The molecule has 4 aromatic rings. The first kappa shape index (κ1) is 16.8. The molecule has 128 valence electrons. The van der Waals surface area contributed by atoms with Crippen LogP contribution in [0.5, 0.6) is 0 Å². The van der Waals surface area contributed by atoms with Crippen molar-refractivity contribution in [3.63, 3.8) is 0 Å². The largest absolute Gasteiger partial charge is 0.312 e. The van der Waals surface area contributed by atoms with Crippen molar-refractivity contribution >= 4 is 49.8 Å². The SMILES string of the molecule is C=CCn1c(=NC(=O)c2ccc3ccccc3c2)sc2cc(Cl)ccc21. The lowest BCUT2D eigenvalue weighted by molar-refractivity contribution is 0.0998. The van der Waals surface area contributed by atoms with Crippen LogP contribution in [0, 0.1) is 0 Å². The monoisotopic (exact) mass is 378 g/mol. The third-order valence-electron chi connectivity index (χ3n) is 4.15. The number of rotatable bonds is 3. The average Bonchev–Trinajstić information content (AvgIpc) is 2.98. The zero-order valence-corrected chi connectivity index (χ0v) is 15.4. The maximum atomic E-state index is 12.7. The summed E-state index contributed by atoms with van der Waals surface area (Å²) in [5, 5.41) is 2.79. The molecule has 5 heteroatoms. The van der Waals surface area contributed by atoms with E-state index in [-0.39, 0.29) is 5.91 Å². The molecule has 26 heavy (non-hydrogen) atoms. The number of benzene rings is 3. The summed E-state index contributed by atoms with van der Waals surface area (Å²) in [5.41, 5.74) is 1.56. The Bertz CT molecular complexity index is 1220.